The number of aromatic nitrogens is 4. The van der Waals surface area contributed by atoms with Crippen molar-refractivity contribution in [2.24, 2.45) is 5.14 Å². The fourth-order valence-electron chi connectivity index (χ4n) is 2.07. The summed E-state index contributed by atoms with van der Waals surface area (Å²) >= 11 is 0. The van der Waals surface area contributed by atoms with Gasteiger partial charge in [0.05, 0.1) is 23.0 Å². The Hall–Kier alpha value is -2.59. The van der Waals surface area contributed by atoms with Crippen LogP contribution in [0.1, 0.15) is 0 Å². The van der Waals surface area contributed by atoms with E-state index in [9.17, 15) is 12.8 Å². The first-order chi connectivity index (χ1) is 10.9. The van der Waals surface area contributed by atoms with Crippen LogP contribution in [0.25, 0.3) is 16.7 Å². The van der Waals surface area contributed by atoms with Gasteiger partial charge >= 0.3 is 0 Å². The number of fused-ring (bicyclic) bond motifs is 1. The first-order valence-electron chi connectivity index (χ1n) is 6.63. The van der Waals surface area contributed by atoms with E-state index >= 15 is 0 Å². The Morgan fingerprint density at radius 3 is 2.65 bits per heavy atom. The zero-order chi connectivity index (χ0) is 16.4. The van der Waals surface area contributed by atoms with Crippen LogP contribution in [0.4, 0.5) is 10.2 Å². The highest BCUT2D eigenvalue weighted by Gasteiger charge is 2.11. The van der Waals surface area contributed by atoms with Crippen LogP contribution >= 0.6 is 0 Å². The minimum Gasteiger partial charge on any atom is -0.368 e. The Balaban J connectivity index is 1.92. The largest absolute Gasteiger partial charge is 0.368 e. The summed E-state index contributed by atoms with van der Waals surface area (Å²) in [5.74, 6) is -0.109. The normalized spacial score (nSPS) is 11.7. The summed E-state index contributed by atoms with van der Waals surface area (Å²) in [6.07, 6.45) is 2.89. The number of halogens is 1. The highest BCUT2D eigenvalue weighted by atomic mass is 32.2. The van der Waals surface area contributed by atoms with Gasteiger partial charge in [0.1, 0.15) is 18.0 Å². The van der Waals surface area contributed by atoms with Crippen LogP contribution in [0.3, 0.4) is 0 Å². The fraction of sp³-hybridized carbons (Fsp3) is 0.154. The number of primary sulfonamides is 1. The SMILES string of the molecule is NS(=O)(=O)CCNc1ncnc2c1cnn2-c1ccc(F)cc1. The van der Waals surface area contributed by atoms with Gasteiger partial charge in [0.25, 0.3) is 0 Å². The molecule has 0 aliphatic rings. The topological polar surface area (TPSA) is 116 Å². The minimum absolute atomic E-state index is 0.118. The summed E-state index contributed by atoms with van der Waals surface area (Å²) in [5, 5.41) is 12.7. The molecule has 0 aliphatic carbocycles. The monoisotopic (exact) mass is 336 g/mol. The van der Waals surface area contributed by atoms with E-state index in [0.717, 1.165) is 0 Å². The summed E-state index contributed by atoms with van der Waals surface area (Å²) < 4.78 is 36.5. The average Bonchev–Trinajstić information content (AvgIpc) is 2.92. The van der Waals surface area contributed by atoms with E-state index in [1.807, 2.05) is 0 Å². The highest BCUT2D eigenvalue weighted by molar-refractivity contribution is 7.89. The number of hydrogen-bond donors (Lipinski definition) is 2. The summed E-state index contributed by atoms with van der Waals surface area (Å²) in [6.45, 7) is 0.118. The second-order valence-corrected chi connectivity index (χ2v) is 6.52. The maximum atomic E-state index is 13.0. The number of nitrogens with two attached hydrogens (primary N) is 1. The molecule has 2 aromatic heterocycles. The molecular weight excluding hydrogens is 323 g/mol. The summed E-state index contributed by atoms with van der Waals surface area (Å²) in [5.41, 5.74) is 1.17. The molecule has 0 saturated carbocycles. The van der Waals surface area contributed by atoms with Crippen molar-refractivity contribution in [1.29, 1.82) is 0 Å². The van der Waals surface area contributed by atoms with Gasteiger partial charge in [-0.25, -0.2) is 32.6 Å². The number of rotatable bonds is 5. The van der Waals surface area contributed by atoms with Gasteiger partial charge in [0.15, 0.2) is 5.65 Å². The predicted octanol–water partition coefficient (Wildman–Crippen LogP) is 0.655. The molecule has 3 N–H and O–H groups in total. The number of hydrogen-bond acceptors (Lipinski definition) is 6. The molecule has 0 atom stereocenters. The molecule has 0 radical (unpaired) electrons. The Bertz CT molecular complexity index is 939. The molecule has 2 heterocycles. The van der Waals surface area contributed by atoms with E-state index in [1.54, 1.807) is 23.0 Å². The van der Waals surface area contributed by atoms with Crippen LogP contribution in [0.5, 0.6) is 0 Å². The predicted molar refractivity (Wildman–Crippen MR) is 83.1 cm³/mol. The molecule has 0 spiro atoms. The van der Waals surface area contributed by atoms with Gasteiger partial charge in [0.2, 0.25) is 10.0 Å². The molecule has 23 heavy (non-hydrogen) atoms. The van der Waals surface area contributed by atoms with Crippen molar-refractivity contribution in [2.75, 3.05) is 17.6 Å². The smallest absolute Gasteiger partial charge is 0.210 e. The lowest BCUT2D eigenvalue weighted by atomic mass is 10.3. The van der Waals surface area contributed by atoms with Gasteiger partial charge in [0, 0.05) is 6.54 Å². The van der Waals surface area contributed by atoms with Crippen LogP contribution in [-0.2, 0) is 10.0 Å². The number of sulfonamides is 1. The Kier molecular flexibility index (Phi) is 3.92. The number of nitrogens with one attached hydrogen (secondary N) is 1. The van der Waals surface area contributed by atoms with Crippen LogP contribution < -0.4 is 10.5 Å². The average molecular weight is 336 g/mol. The molecule has 0 saturated heterocycles. The molecule has 120 valence electrons. The van der Waals surface area contributed by atoms with E-state index in [2.05, 4.69) is 20.4 Å². The molecule has 0 fully saturated rings. The van der Waals surface area contributed by atoms with Crippen LogP contribution in [0.15, 0.2) is 36.8 Å². The fourth-order valence-corrected chi connectivity index (χ4v) is 2.45. The van der Waals surface area contributed by atoms with Crippen LogP contribution in [0, 0.1) is 5.82 Å². The Morgan fingerprint density at radius 2 is 1.96 bits per heavy atom. The zero-order valence-corrected chi connectivity index (χ0v) is 12.7. The van der Waals surface area contributed by atoms with Crippen molar-refractivity contribution < 1.29 is 12.8 Å². The Morgan fingerprint density at radius 1 is 1.22 bits per heavy atom. The lowest BCUT2D eigenvalue weighted by molar-refractivity contribution is 0.598. The van der Waals surface area contributed by atoms with Crippen molar-refractivity contribution in [2.45, 2.75) is 0 Å². The zero-order valence-electron chi connectivity index (χ0n) is 11.8. The molecule has 0 amide bonds. The standard InChI is InChI=1S/C13H13FN6O2S/c14-9-1-3-10(4-2-9)20-13-11(7-19-20)12(17-8-18-13)16-5-6-23(15,21)22/h1-4,7-8H,5-6H2,(H2,15,21,22)(H,16,17,18). The summed E-state index contributed by atoms with van der Waals surface area (Å²) in [7, 11) is -3.55. The summed E-state index contributed by atoms with van der Waals surface area (Å²) in [6, 6.07) is 5.82. The molecule has 3 rings (SSSR count). The number of anilines is 1. The van der Waals surface area contributed by atoms with Gasteiger partial charge in [-0.05, 0) is 24.3 Å². The van der Waals surface area contributed by atoms with Gasteiger partial charge in [-0.3, -0.25) is 0 Å². The minimum atomic E-state index is -3.55. The van der Waals surface area contributed by atoms with Crippen molar-refractivity contribution in [3.05, 3.63) is 42.6 Å². The highest BCUT2D eigenvalue weighted by Crippen LogP contribution is 2.21. The quantitative estimate of drug-likeness (QED) is 0.707. The van der Waals surface area contributed by atoms with Crippen molar-refractivity contribution in [3.63, 3.8) is 0 Å². The van der Waals surface area contributed by atoms with Crippen LogP contribution in [-0.4, -0.2) is 40.5 Å². The number of benzene rings is 1. The van der Waals surface area contributed by atoms with Crippen molar-refractivity contribution >= 4 is 26.9 Å². The third kappa shape index (κ3) is 3.43. The van der Waals surface area contributed by atoms with Crippen LogP contribution in [0.2, 0.25) is 0 Å². The van der Waals surface area contributed by atoms with Gasteiger partial charge in [-0.1, -0.05) is 0 Å². The molecule has 0 unspecified atom stereocenters. The van der Waals surface area contributed by atoms with E-state index < -0.39 is 10.0 Å². The molecule has 1 aromatic carbocycles. The molecule has 0 bridgehead atoms. The third-order valence-electron chi connectivity index (χ3n) is 3.12. The maximum Gasteiger partial charge on any atom is 0.210 e. The molecule has 3 aromatic rings. The lowest BCUT2D eigenvalue weighted by Gasteiger charge is -2.06. The first-order valence-corrected chi connectivity index (χ1v) is 8.34. The van der Waals surface area contributed by atoms with Gasteiger partial charge in [-0.2, -0.15) is 5.10 Å². The third-order valence-corrected chi connectivity index (χ3v) is 3.89. The molecular formula is C13H13FN6O2S. The van der Waals surface area contributed by atoms with Gasteiger partial charge in [-0.15, -0.1) is 0 Å². The second-order valence-electron chi connectivity index (χ2n) is 4.79. The van der Waals surface area contributed by atoms with Crippen molar-refractivity contribution in [1.82, 2.24) is 19.7 Å². The lowest BCUT2D eigenvalue weighted by Crippen LogP contribution is -2.22. The van der Waals surface area contributed by atoms with Crippen molar-refractivity contribution in [3.8, 4) is 5.69 Å². The van der Waals surface area contributed by atoms with E-state index in [0.29, 0.717) is 22.5 Å². The Labute approximate surface area is 131 Å². The number of nitrogens with zero attached hydrogens (tertiary/aromatic N) is 4. The molecule has 10 heteroatoms. The van der Waals surface area contributed by atoms with Gasteiger partial charge < -0.3 is 5.32 Å². The van der Waals surface area contributed by atoms with E-state index in [1.165, 1.54) is 18.5 Å². The molecule has 8 nitrogen and oxygen atoms in total. The second kappa shape index (κ2) is 5.89. The van der Waals surface area contributed by atoms with E-state index in [-0.39, 0.29) is 18.1 Å². The molecule has 0 aliphatic heterocycles. The van der Waals surface area contributed by atoms with E-state index in [4.69, 9.17) is 5.14 Å². The first kappa shape index (κ1) is 15.3. The summed E-state index contributed by atoms with van der Waals surface area (Å²) in [4.78, 5) is 8.25. The maximum absolute atomic E-state index is 13.0.